The molecule has 2 N–H and O–H groups in total. The van der Waals surface area contributed by atoms with Crippen LogP contribution in [0, 0.1) is 0 Å². The zero-order chi connectivity index (χ0) is 15.1. The molecule has 0 spiro atoms. The predicted octanol–water partition coefficient (Wildman–Crippen LogP) is 3.32. The topological polar surface area (TPSA) is 75.1 Å². The van der Waals surface area contributed by atoms with Crippen molar-refractivity contribution in [3.8, 4) is 5.69 Å². The SMILES string of the molecule is O=C(O)c1cccc2[nH]c(=O)n(-c3cccc(Cl)c3Cl)c12. The first-order valence-electron chi connectivity index (χ1n) is 5.92. The number of benzene rings is 2. The summed E-state index contributed by atoms with van der Waals surface area (Å²) in [5, 5.41) is 9.76. The van der Waals surface area contributed by atoms with Gasteiger partial charge in [-0.2, -0.15) is 0 Å². The van der Waals surface area contributed by atoms with Crippen LogP contribution in [-0.2, 0) is 0 Å². The summed E-state index contributed by atoms with van der Waals surface area (Å²) in [5.41, 5.74) is 0.508. The van der Waals surface area contributed by atoms with Crippen LogP contribution in [0.2, 0.25) is 10.0 Å². The number of carbonyl (C=O) groups is 1. The van der Waals surface area contributed by atoms with E-state index >= 15 is 0 Å². The molecule has 0 saturated heterocycles. The number of H-pyrrole nitrogens is 1. The van der Waals surface area contributed by atoms with Crippen molar-refractivity contribution in [1.82, 2.24) is 9.55 Å². The van der Waals surface area contributed by atoms with Crippen LogP contribution < -0.4 is 5.69 Å². The molecule has 0 aliphatic carbocycles. The highest BCUT2D eigenvalue weighted by atomic mass is 35.5. The van der Waals surface area contributed by atoms with Crippen LogP contribution in [0.15, 0.2) is 41.2 Å². The smallest absolute Gasteiger partial charge is 0.337 e. The fourth-order valence-corrected chi connectivity index (χ4v) is 2.61. The minimum Gasteiger partial charge on any atom is -0.478 e. The Morgan fingerprint density at radius 3 is 2.57 bits per heavy atom. The number of nitrogens with one attached hydrogen (secondary N) is 1. The van der Waals surface area contributed by atoms with Gasteiger partial charge in [-0.3, -0.25) is 4.57 Å². The summed E-state index contributed by atoms with van der Waals surface area (Å²) in [4.78, 5) is 26.2. The molecule has 0 saturated carbocycles. The minimum absolute atomic E-state index is 0.00175. The Bertz CT molecular complexity index is 928. The van der Waals surface area contributed by atoms with E-state index in [0.717, 1.165) is 0 Å². The first-order valence-corrected chi connectivity index (χ1v) is 6.67. The first-order chi connectivity index (χ1) is 10.0. The largest absolute Gasteiger partial charge is 0.478 e. The molecule has 1 heterocycles. The van der Waals surface area contributed by atoms with Crippen LogP contribution in [0.5, 0.6) is 0 Å². The third kappa shape index (κ3) is 2.11. The third-order valence-electron chi connectivity index (χ3n) is 3.11. The lowest BCUT2D eigenvalue weighted by atomic mass is 10.2. The number of hydrogen-bond donors (Lipinski definition) is 2. The van der Waals surface area contributed by atoms with Crippen molar-refractivity contribution >= 4 is 40.2 Å². The number of aromatic nitrogens is 2. The lowest BCUT2D eigenvalue weighted by Gasteiger charge is -2.08. The van der Waals surface area contributed by atoms with Gasteiger partial charge in [-0.1, -0.05) is 35.3 Å². The number of imidazole rings is 1. The summed E-state index contributed by atoms with van der Waals surface area (Å²) in [5.74, 6) is -1.13. The van der Waals surface area contributed by atoms with Crippen molar-refractivity contribution in [3.05, 3.63) is 62.5 Å². The summed E-state index contributed by atoms with van der Waals surface area (Å²) in [6.45, 7) is 0. The number of rotatable bonds is 2. The number of carboxylic acids is 1. The van der Waals surface area contributed by atoms with Gasteiger partial charge in [0.15, 0.2) is 0 Å². The van der Waals surface area contributed by atoms with Gasteiger partial charge in [0.1, 0.15) is 0 Å². The normalized spacial score (nSPS) is 11.0. The van der Waals surface area contributed by atoms with E-state index in [4.69, 9.17) is 23.2 Å². The minimum atomic E-state index is -1.13. The Labute approximate surface area is 128 Å². The van der Waals surface area contributed by atoms with Crippen molar-refractivity contribution in [2.75, 3.05) is 0 Å². The predicted molar refractivity (Wildman–Crippen MR) is 80.9 cm³/mol. The molecule has 3 aromatic rings. The second kappa shape index (κ2) is 4.95. The lowest BCUT2D eigenvalue weighted by Crippen LogP contribution is -2.16. The van der Waals surface area contributed by atoms with Gasteiger partial charge in [-0.05, 0) is 24.3 Å². The molecule has 106 valence electrons. The molecular formula is C14H8Cl2N2O3. The fourth-order valence-electron chi connectivity index (χ4n) is 2.23. The molecule has 0 unspecified atom stereocenters. The van der Waals surface area contributed by atoms with Gasteiger partial charge < -0.3 is 10.1 Å². The number of carboxylic acid groups (broad SMARTS) is 1. The van der Waals surface area contributed by atoms with E-state index in [2.05, 4.69) is 4.98 Å². The van der Waals surface area contributed by atoms with Crippen LogP contribution in [0.4, 0.5) is 0 Å². The quantitative estimate of drug-likeness (QED) is 0.759. The van der Waals surface area contributed by atoms with E-state index in [1.54, 1.807) is 30.3 Å². The molecule has 3 rings (SSSR count). The van der Waals surface area contributed by atoms with Crippen LogP contribution in [0.25, 0.3) is 16.7 Å². The van der Waals surface area contributed by atoms with Gasteiger partial charge in [-0.15, -0.1) is 0 Å². The van der Waals surface area contributed by atoms with Crippen molar-refractivity contribution in [1.29, 1.82) is 0 Å². The maximum absolute atomic E-state index is 12.2. The van der Waals surface area contributed by atoms with Gasteiger partial charge in [0.05, 0.1) is 32.3 Å². The van der Waals surface area contributed by atoms with Gasteiger partial charge in [0.2, 0.25) is 0 Å². The van der Waals surface area contributed by atoms with Gasteiger partial charge in [-0.25, -0.2) is 9.59 Å². The first kappa shape index (κ1) is 13.7. The van der Waals surface area contributed by atoms with Crippen LogP contribution in [0.1, 0.15) is 10.4 Å². The Hall–Kier alpha value is -2.24. The Balaban J connectivity index is 2.48. The van der Waals surface area contributed by atoms with E-state index in [1.807, 2.05) is 0 Å². The molecule has 0 aliphatic heterocycles. The highest BCUT2D eigenvalue weighted by Crippen LogP contribution is 2.30. The van der Waals surface area contributed by atoms with E-state index in [1.165, 1.54) is 10.6 Å². The summed E-state index contributed by atoms with van der Waals surface area (Å²) in [6, 6.07) is 9.43. The van der Waals surface area contributed by atoms with Crippen molar-refractivity contribution in [2.24, 2.45) is 0 Å². The van der Waals surface area contributed by atoms with Gasteiger partial charge in [0, 0.05) is 0 Å². The number of halogens is 2. The van der Waals surface area contributed by atoms with E-state index in [9.17, 15) is 14.7 Å². The molecular weight excluding hydrogens is 315 g/mol. The van der Waals surface area contributed by atoms with E-state index in [-0.39, 0.29) is 21.1 Å². The molecule has 0 radical (unpaired) electrons. The van der Waals surface area contributed by atoms with Crippen molar-refractivity contribution in [3.63, 3.8) is 0 Å². The number of fused-ring (bicyclic) bond motifs is 1. The molecule has 2 aromatic carbocycles. The summed E-state index contributed by atoms with van der Waals surface area (Å²) in [6.07, 6.45) is 0. The molecule has 5 nitrogen and oxygen atoms in total. The number of aromatic carboxylic acids is 1. The van der Waals surface area contributed by atoms with Gasteiger partial charge >= 0.3 is 11.7 Å². The Kier molecular flexibility index (Phi) is 3.23. The molecule has 1 aromatic heterocycles. The Morgan fingerprint density at radius 2 is 1.86 bits per heavy atom. The number of aromatic amines is 1. The summed E-state index contributed by atoms with van der Waals surface area (Å²) >= 11 is 12.1. The van der Waals surface area contributed by atoms with Gasteiger partial charge in [0.25, 0.3) is 0 Å². The second-order valence-corrected chi connectivity index (χ2v) is 5.13. The van der Waals surface area contributed by atoms with Crippen molar-refractivity contribution < 1.29 is 9.90 Å². The molecule has 0 bridgehead atoms. The molecule has 0 amide bonds. The van der Waals surface area contributed by atoms with E-state index in [0.29, 0.717) is 11.2 Å². The standard InChI is InChI=1S/C14H8Cl2N2O3/c15-8-4-2-6-10(11(8)16)18-12-7(13(19)20)3-1-5-9(12)17-14(18)21/h1-6H,(H,17,21)(H,19,20). The second-order valence-electron chi connectivity index (χ2n) is 4.35. The van der Waals surface area contributed by atoms with Crippen molar-refractivity contribution in [2.45, 2.75) is 0 Å². The average molecular weight is 323 g/mol. The monoisotopic (exact) mass is 322 g/mol. The van der Waals surface area contributed by atoms with Crippen LogP contribution in [-0.4, -0.2) is 20.6 Å². The number of hydrogen-bond acceptors (Lipinski definition) is 2. The summed E-state index contributed by atoms with van der Waals surface area (Å²) in [7, 11) is 0. The zero-order valence-corrected chi connectivity index (χ0v) is 11.9. The molecule has 0 aliphatic rings. The molecule has 21 heavy (non-hydrogen) atoms. The lowest BCUT2D eigenvalue weighted by molar-refractivity contribution is 0.0698. The third-order valence-corrected chi connectivity index (χ3v) is 3.92. The van der Waals surface area contributed by atoms with E-state index < -0.39 is 11.7 Å². The maximum atomic E-state index is 12.2. The molecule has 7 heteroatoms. The number of para-hydroxylation sites is 1. The number of nitrogens with zero attached hydrogens (tertiary/aromatic N) is 1. The zero-order valence-electron chi connectivity index (χ0n) is 10.4. The Morgan fingerprint density at radius 1 is 1.14 bits per heavy atom. The van der Waals surface area contributed by atoms with Crippen LogP contribution >= 0.6 is 23.2 Å². The average Bonchev–Trinajstić information content (AvgIpc) is 2.77. The highest BCUT2D eigenvalue weighted by Gasteiger charge is 2.18. The van der Waals surface area contributed by atoms with Crippen LogP contribution in [0.3, 0.4) is 0 Å². The maximum Gasteiger partial charge on any atom is 0.337 e. The summed E-state index contributed by atoms with van der Waals surface area (Å²) < 4.78 is 1.22. The fraction of sp³-hybridized carbons (Fsp3) is 0. The molecule has 0 atom stereocenters. The molecule has 0 fully saturated rings. The highest BCUT2D eigenvalue weighted by molar-refractivity contribution is 6.43.